The first kappa shape index (κ1) is 17.2. The third-order valence-electron chi connectivity index (χ3n) is 5.29. The molecule has 1 amide bonds. The molecule has 1 N–H and O–H groups in total. The van der Waals surface area contributed by atoms with Crippen LogP contribution in [0.3, 0.4) is 0 Å². The first-order chi connectivity index (χ1) is 12.5. The average Bonchev–Trinajstić information content (AvgIpc) is 3.03. The van der Waals surface area contributed by atoms with Gasteiger partial charge in [-0.1, -0.05) is 24.3 Å². The summed E-state index contributed by atoms with van der Waals surface area (Å²) in [5.74, 6) is -0.0118. The van der Waals surface area contributed by atoms with Crippen molar-refractivity contribution in [2.24, 2.45) is 0 Å². The third kappa shape index (κ3) is 3.04. The number of rotatable bonds is 3. The van der Waals surface area contributed by atoms with Crippen molar-refractivity contribution in [3.05, 3.63) is 59.2 Å². The summed E-state index contributed by atoms with van der Waals surface area (Å²) in [5.41, 5.74) is 4.02. The first-order valence-corrected chi connectivity index (χ1v) is 10.5. The van der Waals surface area contributed by atoms with E-state index in [-0.39, 0.29) is 16.8 Å². The number of anilines is 1. The van der Waals surface area contributed by atoms with Crippen LogP contribution in [-0.2, 0) is 27.7 Å². The van der Waals surface area contributed by atoms with Gasteiger partial charge in [0.2, 0.25) is 15.9 Å². The van der Waals surface area contributed by atoms with Gasteiger partial charge in [-0.05, 0) is 60.6 Å². The van der Waals surface area contributed by atoms with Crippen LogP contribution >= 0.6 is 0 Å². The van der Waals surface area contributed by atoms with Gasteiger partial charge in [-0.15, -0.1) is 0 Å². The van der Waals surface area contributed by atoms with E-state index in [1.165, 1.54) is 5.56 Å². The molecule has 0 fully saturated rings. The monoisotopic (exact) mass is 370 g/mol. The van der Waals surface area contributed by atoms with Crippen LogP contribution in [0, 0.1) is 0 Å². The zero-order chi connectivity index (χ0) is 18.3. The lowest BCUT2D eigenvalue weighted by atomic mass is 10.0. The van der Waals surface area contributed by atoms with E-state index >= 15 is 0 Å². The van der Waals surface area contributed by atoms with Crippen LogP contribution in [0.5, 0.6) is 0 Å². The normalized spacial score (nSPS) is 19.1. The van der Waals surface area contributed by atoms with Gasteiger partial charge in [0.05, 0.1) is 4.90 Å². The maximum atomic E-state index is 12.9. The van der Waals surface area contributed by atoms with E-state index in [1.54, 1.807) is 30.0 Å². The van der Waals surface area contributed by atoms with Crippen molar-refractivity contribution in [1.82, 2.24) is 4.72 Å². The van der Waals surface area contributed by atoms with Crippen LogP contribution < -0.4 is 9.62 Å². The van der Waals surface area contributed by atoms with Crippen molar-refractivity contribution < 1.29 is 13.2 Å². The van der Waals surface area contributed by atoms with E-state index in [1.807, 2.05) is 18.2 Å². The fourth-order valence-corrected chi connectivity index (χ4v) is 5.30. The van der Waals surface area contributed by atoms with Crippen LogP contribution in [0.1, 0.15) is 42.5 Å². The van der Waals surface area contributed by atoms with Crippen molar-refractivity contribution in [2.45, 2.75) is 43.5 Å². The number of amides is 1. The largest absolute Gasteiger partial charge is 0.312 e. The van der Waals surface area contributed by atoms with E-state index in [2.05, 4.69) is 10.8 Å². The van der Waals surface area contributed by atoms with Gasteiger partial charge in [-0.3, -0.25) is 4.79 Å². The topological polar surface area (TPSA) is 66.5 Å². The highest BCUT2D eigenvalue weighted by molar-refractivity contribution is 7.89. The highest BCUT2D eigenvalue weighted by Gasteiger charge is 2.28. The summed E-state index contributed by atoms with van der Waals surface area (Å²) < 4.78 is 28.7. The maximum absolute atomic E-state index is 12.9. The summed E-state index contributed by atoms with van der Waals surface area (Å²) in [6.07, 6.45) is 3.30. The number of benzene rings is 2. The average molecular weight is 370 g/mol. The van der Waals surface area contributed by atoms with Crippen molar-refractivity contribution in [3.63, 3.8) is 0 Å². The summed E-state index contributed by atoms with van der Waals surface area (Å²) in [6, 6.07) is 12.9. The summed E-state index contributed by atoms with van der Waals surface area (Å²) in [6.45, 7) is 2.23. The zero-order valence-corrected chi connectivity index (χ0v) is 15.6. The number of carbonyl (C=O) groups excluding carboxylic acids is 1. The van der Waals surface area contributed by atoms with Crippen molar-refractivity contribution in [1.29, 1.82) is 0 Å². The molecule has 0 aromatic heterocycles. The number of aryl methyl sites for hydroxylation is 2. The fraction of sp³-hybridized carbons (Fsp3) is 0.350. The first-order valence-electron chi connectivity index (χ1n) is 8.97. The van der Waals surface area contributed by atoms with Gasteiger partial charge >= 0.3 is 0 Å². The number of hydrogen-bond donors (Lipinski definition) is 1. The molecular formula is C20H22N2O3S. The van der Waals surface area contributed by atoms with Crippen molar-refractivity contribution in [2.75, 3.05) is 11.4 Å². The van der Waals surface area contributed by atoms with Crippen LogP contribution in [0.25, 0.3) is 0 Å². The molecule has 2 aromatic rings. The lowest BCUT2D eigenvalue weighted by molar-refractivity contribution is -0.116. The maximum Gasteiger partial charge on any atom is 0.241 e. The molecule has 1 aliphatic heterocycles. The molecule has 1 unspecified atom stereocenters. The van der Waals surface area contributed by atoms with E-state index < -0.39 is 10.0 Å². The molecule has 0 radical (unpaired) electrons. The Kier molecular flexibility index (Phi) is 4.32. The van der Waals surface area contributed by atoms with E-state index in [0.717, 1.165) is 42.5 Å². The Bertz CT molecular complexity index is 969. The Labute approximate surface area is 154 Å². The van der Waals surface area contributed by atoms with E-state index in [9.17, 15) is 13.2 Å². The Balaban J connectivity index is 1.62. The van der Waals surface area contributed by atoms with Gasteiger partial charge in [0.1, 0.15) is 0 Å². The number of sulfonamides is 1. The fourth-order valence-electron chi connectivity index (χ4n) is 4.00. The predicted molar refractivity (Wildman–Crippen MR) is 101 cm³/mol. The molecule has 26 heavy (non-hydrogen) atoms. The summed E-state index contributed by atoms with van der Waals surface area (Å²) >= 11 is 0. The zero-order valence-electron chi connectivity index (χ0n) is 14.7. The van der Waals surface area contributed by atoms with E-state index in [0.29, 0.717) is 6.54 Å². The van der Waals surface area contributed by atoms with Gasteiger partial charge in [-0.25, -0.2) is 13.1 Å². The molecular weight excluding hydrogens is 348 g/mol. The number of fused-ring (bicyclic) bond motifs is 2. The highest BCUT2D eigenvalue weighted by Crippen LogP contribution is 2.33. The number of nitrogens with zero attached hydrogens (tertiary/aromatic N) is 1. The molecule has 0 saturated carbocycles. The third-order valence-corrected chi connectivity index (χ3v) is 6.76. The van der Waals surface area contributed by atoms with Gasteiger partial charge < -0.3 is 4.90 Å². The molecule has 136 valence electrons. The van der Waals surface area contributed by atoms with Crippen LogP contribution in [0.15, 0.2) is 47.4 Å². The lowest BCUT2D eigenvalue weighted by Gasteiger charge is -2.29. The van der Waals surface area contributed by atoms with Gasteiger partial charge in [0.15, 0.2) is 0 Å². The van der Waals surface area contributed by atoms with Gasteiger partial charge in [-0.2, -0.15) is 0 Å². The molecule has 6 heteroatoms. The molecule has 1 atom stereocenters. The SMILES string of the molecule is CC(=O)N1CCCc2cc(S(=O)(=O)NC3CCc4ccccc43)ccc21. The number of carbonyl (C=O) groups is 1. The summed E-state index contributed by atoms with van der Waals surface area (Å²) in [7, 11) is -3.61. The van der Waals surface area contributed by atoms with Crippen molar-refractivity contribution >= 4 is 21.6 Å². The smallest absolute Gasteiger partial charge is 0.241 e. The summed E-state index contributed by atoms with van der Waals surface area (Å²) in [5, 5.41) is 0. The Morgan fingerprint density at radius 2 is 1.92 bits per heavy atom. The highest BCUT2D eigenvalue weighted by atomic mass is 32.2. The van der Waals surface area contributed by atoms with Crippen molar-refractivity contribution in [3.8, 4) is 0 Å². The number of hydrogen-bond acceptors (Lipinski definition) is 3. The minimum absolute atomic E-state index is 0.0118. The summed E-state index contributed by atoms with van der Waals surface area (Å²) in [4.78, 5) is 13.8. The molecule has 1 aliphatic carbocycles. The molecule has 5 nitrogen and oxygen atoms in total. The molecule has 0 bridgehead atoms. The minimum Gasteiger partial charge on any atom is -0.312 e. The molecule has 0 spiro atoms. The van der Waals surface area contributed by atoms with Crippen LogP contribution in [0.4, 0.5) is 5.69 Å². The van der Waals surface area contributed by atoms with Gasteiger partial charge in [0.25, 0.3) is 0 Å². The molecule has 2 aliphatic rings. The standard InChI is InChI=1S/C20H22N2O3S/c1-14(23)22-12-4-6-16-13-17(9-11-20(16)22)26(24,25)21-19-10-8-15-5-2-3-7-18(15)19/h2-3,5,7,9,11,13,19,21H,4,6,8,10,12H2,1H3. The number of nitrogens with one attached hydrogen (secondary N) is 1. The van der Waals surface area contributed by atoms with Crippen LogP contribution in [0.2, 0.25) is 0 Å². The van der Waals surface area contributed by atoms with Crippen LogP contribution in [-0.4, -0.2) is 20.9 Å². The Morgan fingerprint density at radius 1 is 1.12 bits per heavy atom. The second-order valence-electron chi connectivity index (χ2n) is 6.98. The lowest BCUT2D eigenvalue weighted by Crippen LogP contribution is -2.34. The molecule has 0 saturated heterocycles. The quantitative estimate of drug-likeness (QED) is 0.903. The molecule has 1 heterocycles. The van der Waals surface area contributed by atoms with Gasteiger partial charge in [0, 0.05) is 25.2 Å². The predicted octanol–water partition coefficient (Wildman–Crippen LogP) is 2.95. The molecule has 4 rings (SSSR count). The second-order valence-corrected chi connectivity index (χ2v) is 8.69. The molecule has 2 aromatic carbocycles. The minimum atomic E-state index is -3.61. The second kappa shape index (κ2) is 6.52. The Morgan fingerprint density at radius 3 is 2.73 bits per heavy atom. The Hall–Kier alpha value is -2.18. The van der Waals surface area contributed by atoms with E-state index in [4.69, 9.17) is 0 Å².